The van der Waals surface area contributed by atoms with E-state index in [2.05, 4.69) is 10.0 Å². The summed E-state index contributed by atoms with van der Waals surface area (Å²) in [5.74, 6) is 0.932. The molecule has 0 radical (unpaired) electrons. The molecular formula is C15H22N4O. The van der Waals surface area contributed by atoms with Gasteiger partial charge in [0.2, 0.25) is 0 Å². The van der Waals surface area contributed by atoms with Crippen LogP contribution in [0.1, 0.15) is 24.4 Å². The molecule has 2 heterocycles. The summed E-state index contributed by atoms with van der Waals surface area (Å²) in [6.07, 6.45) is 4.16. The lowest BCUT2D eigenvalue weighted by atomic mass is 10.0. The third-order valence-corrected chi connectivity index (χ3v) is 4.05. The summed E-state index contributed by atoms with van der Waals surface area (Å²) in [4.78, 5) is 2.40. The summed E-state index contributed by atoms with van der Waals surface area (Å²) in [5.41, 5.74) is 7.83. The third-order valence-electron chi connectivity index (χ3n) is 4.05. The van der Waals surface area contributed by atoms with Crippen LogP contribution in [0.25, 0.3) is 0 Å². The molecule has 1 aromatic rings. The summed E-state index contributed by atoms with van der Waals surface area (Å²) < 4.78 is 5.98. The zero-order valence-corrected chi connectivity index (χ0v) is 12.0. The van der Waals surface area contributed by atoms with Gasteiger partial charge in [-0.1, -0.05) is 0 Å². The molecule has 0 amide bonds. The molecular weight excluding hydrogens is 252 g/mol. The smallest absolute Gasteiger partial charge is 0.124 e. The van der Waals surface area contributed by atoms with Gasteiger partial charge in [-0.3, -0.25) is 9.91 Å². The molecule has 0 bridgehead atoms. The van der Waals surface area contributed by atoms with Gasteiger partial charge in [0.25, 0.3) is 0 Å². The Kier molecular flexibility index (Phi) is 3.78. The van der Waals surface area contributed by atoms with Gasteiger partial charge < -0.3 is 10.5 Å². The number of nitrogens with zero attached hydrogens (tertiary/aromatic N) is 3. The third kappa shape index (κ3) is 2.72. The zero-order chi connectivity index (χ0) is 13.9. The highest BCUT2D eigenvalue weighted by atomic mass is 16.5. The van der Waals surface area contributed by atoms with E-state index in [1.165, 1.54) is 19.5 Å². The fourth-order valence-corrected chi connectivity index (χ4v) is 2.69. The maximum atomic E-state index is 5.98. The Balaban J connectivity index is 1.68. The Hall–Kier alpha value is -1.75. The number of benzene rings is 1. The Morgan fingerprint density at radius 1 is 1.40 bits per heavy atom. The molecule has 1 aromatic carbocycles. The summed E-state index contributed by atoms with van der Waals surface area (Å²) in [7, 11) is 1.99. The van der Waals surface area contributed by atoms with Crippen molar-refractivity contribution in [2.45, 2.75) is 18.9 Å². The number of rotatable bonds is 5. The number of hydrazone groups is 1. The molecule has 1 saturated heterocycles. The summed E-state index contributed by atoms with van der Waals surface area (Å²) in [5, 5.41) is 6.27. The molecule has 1 fully saturated rings. The fourth-order valence-electron chi connectivity index (χ4n) is 2.69. The molecule has 2 aliphatic heterocycles. The van der Waals surface area contributed by atoms with Crippen molar-refractivity contribution in [2.24, 2.45) is 5.10 Å². The van der Waals surface area contributed by atoms with E-state index in [1.54, 1.807) is 0 Å². The van der Waals surface area contributed by atoms with Gasteiger partial charge in [-0.05, 0) is 37.7 Å². The van der Waals surface area contributed by atoms with E-state index in [0.29, 0.717) is 0 Å². The molecule has 0 saturated carbocycles. The first-order valence-corrected chi connectivity index (χ1v) is 7.24. The molecule has 108 valence electrons. The van der Waals surface area contributed by atoms with Gasteiger partial charge in [0.15, 0.2) is 0 Å². The number of nitrogen functional groups attached to an aromatic ring is 1. The van der Waals surface area contributed by atoms with Crippen LogP contribution in [-0.4, -0.2) is 49.4 Å². The van der Waals surface area contributed by atoms with Crippen molar-refractivity contribution >= 4 is 11.9 Å². The Morgan fingerprint density at radius 3 is 2.90 bits per heavy atom. The predicted octanol–water partition coefficient (Wildman–Crippen LogP) is 1.72. The van der Waals surface area contributed by atoms with Gasteiger partial charge in [-0.2, -0.15) is 5.10 Å². The molecule has 0 spiro atoms. The zero-order valence-electron chi connectivity index (χ0n) is 12.0. The van der Waals surface area contributed by atoms with Gasteiger partial charge in [-0.25, -0.2) is 0 Å². The Morgan fingerprint density at radius 2 is 2.25 bits per heavy atom. The van der Waals surface area contributed by atoms with Crippen LogP contribution < -0.4 is 10.5 Å². The van der Waals surface area contributed by atoms with E-state index in [1.807, 2.05) is 36.5 Å². The van der Waals surface area contributed by atoms with Gasteiger partial charge in [0.05, 0.1) is 6.04 Å². The van der Waals surface area contributed by atoms with Crippen LogP contribution in [-0.2, 0) is 0 Å². The molecule has 2 N–H and O–H groups in total. The topological polar surface area (TPSA) is 54.1 Å². The maximum absolute atomic E-state index is 5.98. The quantitative estimate of drug-likeness (QED) is 0.831. The second-order valence-electron chi connectivity index (χ2n) is 5.46. The number of hydrogen-bond acceptors (Lipinski definition) is 5. The maximum Gasteiger partial charge on any atom is 0.124 e. The molecule has 5 nitrogen and oxygen atoms in total. The average molecular weight is 274 g/mol. The highest BCUT2D eigenvalue weighted by molar-refractivity contribution is 5.62. The van der Waals surface area contributed by atoms with Crippen molar-refractivity contribution in [2.75, 3.05) is 39.0 Å². The van der Waals surface area contributed by atoms with Crippen molar-refractivity contribution in [3.63, 3.8) is 0 Å². The highest BCUT2D eigenvalue weighted by Crippen LogP contribution is 2.34. The standard InChI is InChI=1S/C15H22N4O/c1-18-14(5-6-17-18)13-11-12(16)3-4-15(13)20-10-9-19-7-2-8-19/h3-4,6,11,14H,2,5,7-10,16H2,1H3. The van der Waals surface area contributed by atoms with Crippen LogP contribution in [0.15, 0.2) is 23.3 Å². The number of hydrogen-bond donors (Lipinski definition) is 1. The van der Waals surface area contributed by atoms with Crippen molar-refractivity contribution < 1.29 is 4.74 Å². The highest BCUT2D eigenvalue weighted by Gasteiger charge is 2.23. The minimum absolute atomic E-state index is 0.234. The first-order valence-electron chi connectivity index (χ1n) is 7.24. The van der Waals surface area contributed by atoms with E-state index in [-0.39, 0.29) is 6.04 Å². The SMILES string of the molecule is CN1N=CCC1c1cc(N)ccc1OCCN1CCC1. The molecule has 20 heavy (non-hydrogen) atoms. The normalized spacial score (nSPS) is 22.1. The number of anilines is 1. The van der Waals surface area contributed by atoms with E-state index >= 15 is 0 Å². The summed E-state index contributed by atoms with van der Waals surface area (Å²) in [6, 6.07) is 6.12. The van der Waals surface area contributed by atoms with Crippen LogP contribution in [0.2, 0.25) is 0 Å². The van der Waals surface area contributed by atoms with Gasteiger partial charge in [0.1, 0.15) is 12.4 Å². The average Bonchev–Trinajstić information content (AvgIpc) is 2.80. The van der Waals surface area contributed by atoms with E-state index < -0.39 is 0 Å². The second kappa shape index (κ2) is 5.71. The monoisotopic (exact) mass is 274 g/mol. The van der Waals surface area contributed by atoms with E-state index in [4.69, 9.17) is 10.5 Å². The van der Waals surface area contributed by atoms with Crippen LogP contribution in [0, 0.1) is 0 Å². The Labute approximate surface area is 120 Å². The van der Waals surface area contributed by atoms with Crippen LogP contribution in [0.3, 0.4) is 0 Å². The number of nitrogens with two attached hydrogens (primary N) is 1. The van der Waals surface area contributed by atoms with Gasteiger partial charge in [-0.15, -0.1) is 0 Å². The lowest BCUT2D eigenvalue weighted by Crippen LogP contribution is -2.39. The second-order valence-corrected chi connectivity index (χ2v) is 5.46. The molecule has 3 rings (SSSR count). The Bertz CT molecular complexity index is 499. The predicted molar refractivity (Wildman–Crippen MR) is 81.0 cm³/mol. The first-order chi connectivity index (χ1) is 9.74. The van der Waals surface area contributed by atoms with Crippen LogP contribution in [0.5, 0.6) is 5.75 Å². The van der Waals surface area contributed by atoms with Crippen molar-refractivity contribution in [1.29, 1.82) is 0 Å². The molecule has 0 aromatic heterocycles. The van der Waals surface area contributed by atoms with Crippen molar-refractivity contribution in [1.82, 2.24) is 9.91 Å². The molecule has 5 heteroatoms. The van der Waals surface area contributed by atoms with Crippen LogP contribution >= 0.6 is 0 Å². The minimum Gasteiger partial charge on any atom is -0.492 e. The van der Waals surface area contributed by atoms with E-state index in [0.717, 1.165) is 36.6 Å². The molecule has 2 aliphatic rings. The first kappa shape index (κ1) is 13.2. The minimum atomic E-state index is 0.234. The van der Waals surface area contributed by atoms with Gasteiger partial charge >= 0.3 is 0 Å². The summed E-state index contributed by atoms with van der Waals surface area (Å²) >= 11 is 0. The lowest BCUT2D eigenvalue weighted by molar-refractivity contribution is 0.145. The number of likely N-dealkylation sites (tertiary alicyclic amines) is 1. The number of ether oxygens (including phenoxy) is 1. The molecule has 1 atom stereocenters. The van der Waals surface area contributed by atoms with Gasteiger partial charge in [0, 0.05) is 37.5 Å². The largest absolute Gasteiger partial charge is 0.492 e. The van der Waals surface area contributed by atoms with Crippen molar-refractivity contribution in [3.05, 3.63) is 23.8 Å². The molecule has 1 unspecified atom stereocenters. The fraction of sp³-hybridized carbons (Fsp3) is 0.533. The molecule has 0 aliphatic carbocycles. The summed E-state index contributed by atoms with van der Waals surface area (Å²) in [6.45, 7) is 4.14. The lowest BCUT2D eigenvalue weighted by Gasteiger charge is -2.30. The van der Waals surface area contributed by atoms with Crippen molar-refractivity contribution in [3.8, 4) is 5.75 Å². The van der Waals surface area contributed by atoms with E-state index in [9.17, 15) is 0 Å². The van der Waals surface area contributed by atoms with Crippen LogP contribution in [0.4, 0.5) is 5.69 Å².